The zero-order valence-corrected chi connectivity index (χ0v) is 12.6. The summed E-state index contributed by atoms with van der Waals surface area (Å²) in [6.45, 7) is 8.32. The Morgan fingerprint density at radius 2 is 1.65 bits per heavy atom. The molecular formula is C17H23NO2. The first kappa shape index (κ1) is 14.7. The molecule has 0 saturated carbocycles. The minimum absolute atomic E-state index is 0.187. The molecule has 20 heavy (non-hydrogen) atoms. The second-order valence-electron chi connectivity index (χ2n) is 5.36. The Bertz CT molecular complexity index is 502. The van der Waals surface area contributed by atoms with E-state index in [2.05, 4.69) is 31.3 Å². The summed E-state index contributed by atoms with van der Waals surface area (Å²) in [5.41, 5.74) is 1.24. The summed E-state index contributed by atoms with van der Waals surface area (Å²) in [6, 6.07) is 12.6. The van der Waals surface area contributed by atoms with Crippen LogP contribution in [0.3, 0.4) is 0 Å². The zero-order chi connectivity index (χ0) is 14.5. The van der Waals surface area contributed by atoms with Crippen LogP contribution in [0.2, 0.25) is 0 Å². The Hall–Kier alpha value is -1.74. The van der Waals surface area contributed by atoms with E-state index in [4.69, 9.17) is 9.15 Å². The highest BCUT2D eigenvalue weighted by Gasteiger charge is 2.13. The zero-order valence-electron chi connectivity index (χ0n) is 12.6. The van der Waals surface area contributed by atoms with Gasteiger partial charge in [-0.15, -0.1) is 0 Å². The minimum Gasteiger partial charge on any atom is -0.491 e. The van der Waals surface area contributed by atoms with Crippen molar-refractivity contribution in [2.75, 3.05) is 0 Å². The Kier molecular flexibility index (Phi) is 4.85. The van der Waals surface area contributed by atoms with Crippen LogP contribution in [0.1, 0.15) is 51.1 Å². The minimum atomic E-state index is 0.187. The van der Waals surface area contributed by atoms with Gasteiger partial charge in [-0.3, -0.25) is 0 Å². The summed E-state index contributed by atoms with van der Waals surface area (Å²) in [5.74, 6) is 1.87. The Morgan fingerprint density at radius 1 is 0.950 bits per heavy atom. The summed E-state index contributed by atoms with van der Waals surface area (Å²) in [7, 11) is 0. The first-order valence-electron chi connectivity index (χ1n) is 7.12. The van der Waals surface area contributed by atoms with Crippen molar-refractivity contribution in [2.24, 2.45) is 0 Å². The summed E-state index contributed by atoms with van der Waals surface area (Å²) in [4.78, 5) is 0. The number of ether oxygens (including phenoxy) is 1. The van der Waals surface area contributed by atoms with Crippen molar-refractivity contribution in [2.45, 2.75) is 45.9 Å². The van der Waals surface area contributed by atoms with Crippen LogP contribution in [0.15, 0.2) is 47.1 Å². The Morgan fingerprint density at radius 3 is 2.20 bits per heavy atom. The van der Waals surface area contributed by atoms with E-state index in [1.165, 1.54) is 5.56 Å². The number of hydrogen-bond acceptors (Lipinski definition) is 3. The highest BCUT2D eigenvalue weighted by Crippen LogP contribution is 2.22. The number of furan rings is 1. The van der Waals surface area contributed by atoms with Gasteiger partial charge in [0.1, 0.15) is 11.5 Å². The fourth-order valence-electron chi connectivity index (χ4n) is 2.20. The molecule has 0 aliphatic carbocycles. The third-order valence-corrected chi connectivity index (χ3v) is 3.22. The van der Waals surface area contributed by atoms with E-state index < -0.39 is 0 Å². The molecule has 0 radical (unpaired) electrons. The monoisotopic (exact) mass is 273 g/mol. The molecule has 0 saturated heterocycles. The van der Waals surface area contributed by atoms with Crippen molar-refractivity contribution in [3.05, 3.63) is 54.0 Å². The molecule has 1 unspecified atom stereocenters. The molecule has 0 aliphatic heterocycles. The molecule has 1 aromatic carbocycles. The van der Waals surface area contributed by atoms with Crippen molar-refractivity contribution < 1.29 is 9.15 Å². The molecule has 1 heterocycles. The lowest BCUT2D eigenvalue weighted by Gasteiger charge is -2.19. The molecule has 2 aromatic rings. The molecule has 3 nitrogen and oxygen atoms in total. The van der Waals surface area contributed by atoms with E-state index in [0.29, 0.717) is 0 Å². The van der Waals surface area contributed by atoms with Crippen molar-refractivity contribution in [3.63, 3.8) is 0 Å². The predicted molar refractivity (Wildman–Crippen MR) is 80.9 cm³/mol. The molecule has 2 atom stereocenters. The van der Waals surface area contributed by atoms with Crippen molar-refractivity contribution in [1.29, 1.82) is 0 Å². The fraction of sp³-hybridized carbons (Fsp3) is 0.412. The molecule has 1 N–H and O–H groups in total. The van der Waals surface area contributed by atoms with Crippen LogP contribution in [0, 0.1) is 0 Å². The lowest BCUT2D eigenvalue weighted by molar-refractivity contribution is 0.242. The number of hydrogen-bond donors (Lipinski definition) is 1. The van der Waals surface area contributed by atoms with Crippen molar-refractivity contribution in [1.82, 2.24) is 5.32 Å². The third-order valence-electron chi connectivity index (χ3n) is 3.22. The third kappa shape index (κ3) is 3.87. The van der Waals surface area contributed by atoms with Crippen LogP contribution >= 0.6 is 0 Å². The molecule has 2 rings (SSSR count). The van der Waals surface area contributed by atoms with Gasteiger partial charge in [-0.25, -0.2) is 0 Å². The standard InChI is InChI=1S/C17H23NO2/c1-12(2)20-16-9-7-15(8-10-16)13(3)18-14(4)17-6-5-11-19-17/h5-14,18H,1-4H3/t13?,14-/m1/s1. The topological polar surface area (TPSA) is 34.4 Å². The highest BCUT2D eigenvalue weighted by molar-refractivity contribution is 5.29. The molecule has 108 valence electrons. The van der Waals surface area contributed by atoms with Crippen LogP contribution in [0.4, 0.5) is 0 Å². The molecule has 0 spiro atoms. The molecule has 0 aliphatic rings. The average molecular weight is 273 g/mol. The van der Waals surface area contributed by atoms with Crippen LogP contribution in [-0.4, -0.2) is 6.10 Å². The van der Waals surface area contributed by atoms with Gasteiger partial charge in [0.15, 0.2) is 0 Å². The number of benzene rings is 1. The fourth-order valence-corrected chi connectivity index (χ4v) is 2.20. The van der Waals surface area contributed by atoms with E-state index in [-0.39, 0.29) is 18.2 Å². The van der Waals surface area contributed by atoms with Crippen LogP contribution in [0.5, 0.6) is 5.75 Å². The van der Waals surface area contributed by atoms with Gasteiger partial charge >= 0.3 is 0 Å². The number of nitrogens with one attached hydrogen (secondary N) is 1. The smallest absolute Gasteiger partial charge is 0.120 e. The van der Waals surface area contributed by atoms with Crippen LogP contribution in [0.25, 0.3) is 0 Å². The van der Waals surface area contributed by atoms with Gasteiger partial charge in [0.2, 0.25) is 0 Å². The summed E-state index contributed by atoms with van der Waals surface area (Å²) in [6.07, 6.45) is 1.91. The molecule has 0 fully saturated rings. The van der Waals surface area contributed by atoms with Crippen molar-refractivity contribution >= 4 is 0 Å². The van der Waals surface area contributed by atoms with E-state index in [1.54, 1.807) is 6.26 Å². The lowest BCUT2D eigenvalue weighted by Crippen LogP contribution is -2.22. The largest absolute Gasteiger partial charge is 0.491 e. The molecule has 3 heteroatoms. The first-order valence-corrected chi connectivity index (χ1v) is 7.12. The molecular weight excluding hydrogens is 250 g/mol. The second-order valence-corrected chi connectivity index (χ2v) is 5.36. The van der Waals surface area contributed by atoms with Gasteiger partial charge in [-0.2, -0.15) is 0 Å². The normalized spacial score (nSPS) is 14.2. The maximum Gasteiger partial charge on any atom is 0.120 e. The summed E-state index contributed by atoms with van der Waals surface area (Å²) >= 11 is 0. The van der Waals surface area contributed by atoms with Gasteiger partial charge in [0.25, 0.3) is 0 Å². The second kappa shape index (κ2) is 6.62. The van der Waals surface area contributed by atoms with E-state index in [9.17, 15) is 0 Å². The van der Waals surface area contributed by atoms with E-state index in [1.807, 2.05) is 38.1 Å². The van der Waals surface area contributed by atoms with Crippen LogP contribution < -0.4 is 10.1 Å². The van der Waals surface area contributed by atoms with Crippen LogP contribution in [-0.2, 0) is 0 Å². The highest BCUT2D eigenvalue weighted by atomic mass is 16.5. The summed E-state index contributed by atoms with van der Waals surface area (Å²) < 4.78 is 11.1. The van der Waals surface area contributed by atoms with Gasteiger partial charge in [0.05, 0.1) is 18.4 Å². The number of rotatable bonds is 6. The first-order chi connectivity index (χ1) is 9.56. The predicted octanol–water partition coefficient (Wildman–Crippen LogP) is 4.48. The molecule has 0 amide bonds. The molecule has 1 aromatic heterocycles. The molecule has 0 bridgehead atoms. The maximum absolute atomic E-state index is 5.65. The van der Waals surface area contributed by atoms with Gasteiger partial charge in [-0.1, -0.05) is 12.1 Å². The lowest BCUT2D eigenvalue weighted by atomic mass is 10.1. The Balaban J connectivity index is 1.97. The average Bonchev–Trinajstić information content (AvgIpc) is 2.92. The van der Waals surface area contributed by atoms with E-state index >= 15 is 0 Å². The Labute approximate surface area is 121 Å². The van der Waals surface area contributed by atoms with Crippen molar-refractivity contribution in [3.8, 4) is 5.75 Å². The SMILES string of the molecule is CC(C)Oc1ccc(C(C)N[C@H](C)c2ccco2)cc1. The van der Waals surface area contributed by atoms with Gasteiger partial charge < -0.3 is 14.5 Å². The summed E-state index contributed by atoms with van der Waals surface area (Å²) in [5, 5.41) is 3.52. The van der Waals surface area contributed by atoms with Gasteiger partial charge in [0, 0.05) is 6.04 Å². The van der Waals surface area contributed by atoms with E-state index in [0.717, 1.165) is 11.5 Å². The van der Waals surface area contributed by atoms with Gasteiger partial charge in [-0.05, 0) is 57.5 Å². The quantitative estimate of drug-likeness (QED) is 0.842. The maximum atomic E-state index is 5.65.